The molecule has 1 saturated heterocycles. The van der Waals surface area contributed by atoms with E-state index in [9.17, 15) is 4.79 Å². The first kappa shape index (κ1) is 11.3. The van der Waals surface area contributed by atoms with E-state index in [0.717, 1.165) is 11.3 Å². The van der Waals surface area contributed by atoms with Crippen molar-refractivity contribution in [2.45, 2.75) is 6.92 Å². The summed E-state index contributed by atoms with van der Waals surface area (Å²) >= 11 is 6.38. The van der Waals surface area contributed by atoms with E-state index in [1.807, 2.05) is 20.0 Å². The molecule has 0 atom stereocenters. The summed E-state index contributed by atoms with van der Waals surface area (Å²) in [6.07, 6.45) is 3.59. The number of nitrogens with zero attached hydrogens (tertiary/aromatic N) is 3. The number of likely N-dealkylation sites (N-methyl/N-ethyl adjacent to an activating group) is 1. The van der Waals surface area contributed by atoms with Gasteiger partial charge in [0.25, 0.3) is 5.91 Å². The third kappa shape index (κ3) is 1.78. The van der Waals surface area contributed by atoms with E-state index in [-0.39, 0.29) is 5.91 Å². The fourth-order valence-electron chi connectivity index (χ4n) is 1.34. The van der Waals surface area contributed by atoms with Crippen LogP contribution in [-0.4, -0.2) is 32.0 Å². The Hall–Kier alpha value is -1.14. The van der Waals surface area contributed by atoms with Crippen molar-refractivity contribution in [2.75, 3.05) is 7.05 Å². The van der Waals surface area contributed by atoms with E-state index in [1.165, 1.54) is 16.7 Å². The molecular weight excluding hydrogens is 242 g/mol. The maximum absolute atomic E-state index is 11.8. The van der Waals surface area contributed by atoms with Crippen molar-refractivity contribution in [3.8, 4) is 0 Å². The molecule has 4 nitrogen and oxygen atoms in total. The number of rotatable bonds is 1. The third-order valence-corrected chi connectivity index (χ3v) is 4.03. The molecule has 1 aliphatic rings. The lowest BCUT2D eigenvalue weighted by molar-refractivity contribution is -0.121. The fourth-order valence-corrected chi connectivity index (χ4v) is 2.51. The van der Waals surface area contributed by atoms with Gasteiger partial charge in [-0.15, -0.1) is 0 Å². The molecule has 1 amide bonds. The van der Waals surface area contributed by atoms with Crippen LogP contribution in [0.4, 0.5) is 0 Å². The number of amides is 1. The predicted octanol–water partition coefficient (Wildman–Crippen LogP) is 1.56. The van der Waals surface area contributed by atoms with Gasteiger partial charge in [0.15, 0.2) is 0 Å². The van der Waals surface area contributed by atoms with Crippen LogP contribution >= 0.6 is 24.0 Å². The van der Waals surface area contributed by atoms with Crippen molar-refractivity contribution >= 4 is 40.3 Å². The molecule has 0 N–H and O–H groups in total. The minimum Gasteiger partial charge on any atom is -0.296 e. The Labute approximate surface area is 103 Å². The summed E-state index contributed by atoms with van der Waals surface area (Å²) < 4.78 is 2.37. The van der Waals surface area contributed by atoms with Crippen molar-refractivity contribution in [1.82, 2.24) is 14.7 Å². The molecule has 2 heterocycles. The van der Waals surface area contributed by atoms with Gasteiger partial charge in [-0.25, -0.2) is 0 Å². The average Bonchev–Trinajstić information content (AvgIpc) is 2.68. The zero-order chi connectivity index (χ0) is 11.9. The lowest BCUT2D eigenvalue weighted by atomic mass is 10.2. The molecule has 16 heavy (non-hydrogen) atoms. The Morgan fingerprint density at radius 1 is 1.50 bits per heavy atom. The van der Waals surface area contributed by atoms with Crippen molar-refractivity contribution < 1.29 is 4.79 Å². The molecule has 0 unspecified atom stereocenters. The summed E-state index contributed by atoms with van der Waals surface area (Å²) in [7, 11) is 3.56. The summed E-state index contributed by atoms with van der Waals surface area (Å²) in [5.74, 6) is -0.0433. The number of hydrogen-bond donors (Lipinski definition) is 0. The van der Waals surface area contributed by atoms with Crippen LogP contribution in [0, 0.1) is 6.92 Å². The van der Waals surface area contributed by atoms with E-state index in [2.05, 4.69) is 5.10 Å². The lowest BCUT2D eigenvalue weighted by Crippen LogP contribution is -2.22. The molecule has 0 bridgehead atoms. The van der Waals surface area contributed by atoms with Crippen LogP contribution < -0.4 is 0 Å². The Bertz CT molecular complexity index is 504. The number of carbonyl (C=O) groups is 1. The highest BCUT2D eigenvalue weighted by Crippen LogP contribution is 2.31. The summed E-state index contributed by atoms with van der Waals surface area (Å²) in [6.45, 7) is 1.96. The molecule has 0 spiro atoms. The molecule has 1 aromatic rings. The van der Waals surface area contributed by atoms with Crippen molar-refractivity contribution in [3.05, 3.63) is 22.4 Å². The summed E-state index contributed by atoms with van der Waals surface area (Å²) in [5, 5.41) is 4.13. The molecule has 1 aliphatic heterocycles. The standard InChI is InChI=1S/C10H11N3OS2/c1-6-7(5-11-13(6)3)4-8-9(14)12(2)10(15)16-8/h4-5H,1-3H3. The Morgan fingerprint density at radius 3 is 2.62 bits per heavy atom. The zero-order valence-corrected chi connectivity index (χ0v) is 10.9. The number of carbonyl (C=O) groups excluding carboxylic acids is 1. The molecular formula is C10H11N3OS2. The molecule has 2 rings (SSSR count). The van der Waals surface area contributed by atoms with Gasteiger partial charge < -0.3 is 0 Å². The van der Waals surface area contributed by atoms with E-state index < -0.39 is 0 Å². The molecule has 84 valence electrons. The normalized spacial score (nSPS) is 18.9. The largest absolute Gasteiger partial charge is 0.296 e. The van der Waals surface area contributed by atoms with Gasteiger partial charge >= 0.3 is 0 Å². The second-order valence-electron chi connectivity index (χ2n) is 3.55. The highest BCUT2D eigenvalue weighted by molar-refractivity contribution is 8.26. The lowest BCUT2D eigenvalue weighted by Gasteiger charge is -2.03. The van der Waals surface area contributed by atoms with Crippen LogP contribution in [-0.2, 0) is 11.8 Å². The third-order valence-electron chi connectivity index (χ3n) is 2.55. The predicted molar refractivity (Wildman–Crippen MR) is 68.9 cm³/mol. The zero-order valence-electron chi connectivity index (χ0n) is 9.22. The van der Waals surface area contributed by atoms with Gasteiger partial charge in [0.2, 0.25) is 0 Å². The minimum atomic E-state index is -0.0433. The van der Waals surface area contributed by atoms with Crippen LogP contribution in [0.25, 0.3) is 6.08 Å². The SMILES string of the molecule is Cc1c(C=C2SC(=S)N(C)C2=O)cnn1C. The van der Waals surface area contributed by atoms with Crippen LogP contribution in [0.5, 0.6) is 0 Å². The number of aryl methyl sites for hydroxylation is 1. The van der Waals surface area contributed by atoms with E-state index >= 15 is 0 Å². The van der Waals surface area contributed by atoms with Gasteiger partial charge in [-0.2, -0.15) is 5.10 Å². The number of aromatic nitrogens is 2. The second kappa shape index (κ2) is 4.03. The molecule has 0 saturated carbocycles. The maximum atomic E-state index is 11.8. The second-order valence-corrected chi connectivity index (χ2v) is 5.23. The van der Waals surface area contributed by atoms with Gasteiger partial charge in [0, 0.05) is 25.4 Å². The first-order valence-corrected chi connectivity index (χ1v) is 5.93. The molecule has 0 radical (unpaired) electrons. The summed E-state index contributed by atoms with van der Waals surface area (Å²) in [5.41, 5.74) is 1.98. The van der Waals surface area contributed by atoms with E-state index in [0.29, 0.717) is 9.23 Å². The first-order valence-electron chi connectivity index (χ1n) is 4.71. The Morgan fingerprint density at radius 2 is 2.19 bits per heavy atom. The van der Waals surface area contributed by atoms with E-state index in [4.69, 9.17) is 12.2 Å². The molecule has 0 aliphatic carbocycles. The topological polar surface area (TPSA) is 38.1 Å². The van der Waals surface area contributed by atoms with Crippen molar-refractivity contribution in [3.63, 3.8) is 0 Å². The van der Waals surface area contributed by atoms with Gasteiger partial charge in [-0.3, -0.25) is 14.4 Å². The van der Waals surface area contributed by atoms with Gasteiger partial charge in [-0.1, -0.05) is 24.0 Å². The minimum absolute atomic E-state index is 0.0433. The summed E-state index contributed by atoms with van der Waals surface area (Å²) in [4.78, 5) is 13.9. The van der Waals surface area contributed by atoms with Crippen molar-refractivity contribution in [1.29, 1.82) is 0 Å². The van der Waals surface area contributed by atoms with Gasteiger partial charge in [0.1, 0.15) is 4.32 Å². The first-order chi connectivity index (χ1) is 7.50. The van der Waals surface area contributed by atoms with Crippen molar-refractivity contribution in [2.24, 2.45) is 7.05 Å². The number of hydrogen-bond acceptors (Lipinski definition) is 4. The maximum Gasteiger partial charge on any atom is 0.265 e. The molecule has 6 heteroatoms. The van der Waals surface area contributed by atoms with E-state index in [1.54, 1.807) is 17.9 Å². The average molecular weight is 253 g/mol. The highest BCUT2D eigenvalue weighted by atomic mass is 32.2. The monoisotopic (exact) mass is 253 g/mol. The molecule has 0 aromatic carbocycles. The van der Waals surface area contributed by atoms with Crippen LogP contribution in [0.15, 0.2) is 11.1 Å². The van der Waals surface area contributed by atoms with Crippen LogP contribution in [0.3, 0.4) is 0 Å². The Kier molecular flexibility index (Phi) is 2.86. The number of thioether (sulfide) groups is 1. The smallest absolute Gasteiger partial charge is 0.265 e. The van der Waals surface area contributed by atoms with Crippen LogP contribution in [0.1, 0.15) is 11.3 Å². The van der Waals surface area contributed by atoms with Gasteiger partial charge in [-0.05, 0) is 13.0 Å². The van der Waals surface area contributed by atoms with Gasteiger partial charge in [0.05, 0.1) is 11.1 Å². The quantitative estimate of drug-likeness (QED) is 0.562. The fraction of sp³-hybridized carbons (Fsp3) is 0.300. The highest BCUT2D eigenvalue weighted by Gasteiger charge is 2.28. The summed E-state index contributed by atoms with van der Waals surface area (Å²) in [6, 6.07) is 0. The molecule has 1 fully saturated rings. The Balaban J connectivity index is 2.36. The van der Waals surface area contributed by atoms with Crippen LogP contribution in [0.2, 0.25) is 0 Å². The molecule has 1 aromatic heterocycles. The number of thiocarbonyl (C=S) groups is 1.